The largest absolute Gasteiger partial charge is 0.491 e. The summed E-state index contributed by atoms with van der Waals surface area (Å²) in [7, 11) is 0. The first kappa shape index (κ1) is 73.2. The molecule has 0 unspecified atom stereocenters. The van der Waals surface area contributed by atoms with Crippen LogP contribution >= 0.6 is 46.4 Å². The lowest BCUT2D eigenvalue weighted by Crippen LogP contribution is -2.33. The number of fused-ring (bicyclic) bond motifs is 4. The summed E-state index contributed by atoms with van der Waals surface area (Å²) in [6.07, 6.45) is -0.908. The molecule has 18 nitrogen and oxygen atoms in total. The highest BCUT2D eigenvalue weighted by Crippen LogP contribution is 2.71. The van der Waals surface area contributed by atoms with Crippen LogP contribution in [-0.4, -0.2) is 107 Å². The Balaban J connectivity index is 0.000000123. The van der Waals surface area contributed by atoms with Crippen LogP contribution in [0.25, 0.3) is 0 Å². The molecule has 12 atom stereocenters. The maximum Gasteiger partial charge on any atom is 0.282 e. The summed E-state index contributed by atoms with van der Waals surface area (Å²) in [5, 5.41) is 39.3. The summed E-state index contributed by atoms with van der Waals surface area (Å²) < 4.78 is 147. The second-order valence-electron chi connectivity index (χ2n) is 25.8. The van der Waals surface area contributed by atoms with E-state index in [4.69, 9.17) is 90.9 Å². The maximum absolute atomic E-state index is 15.5. The fraction of sp³-hybridized carbons (Fsp3) is 0.297. The van der Waals surface area contributed by atoms with Crippen LogP contribution in [0.5, 0.6) is 28.7 Å². The second-order valence-corrected chi connectivity index (χ2v) is 27.5. The standard InChI is InChI=1S/C19H16ClF3N2O2.C19H15ClF3NO3.2C18H15ClFNO4/c20-13-9-11(8-12-16(13)24-7-6-18(12,21)22)15-14(10-4-2-1-3-5-10)19(15,23)17(26)25-27;20-13-9-11(8-12-16(13)27-7-6-18(12,21)22)15-14(10-4-2-1-3-5-10)19(15,23)17(25)24-26;2*19-12-8-11(9-13-16(12)25-7-6-24-13)15-14(10-4-2-1-3-5-10)18(15,20)17(22)21-23/h1-5,8-9,14-15,24,27H,6-7H2,(H,25,26);1-5,8-9,14-15,26H,6-7H2,(H,24,25);2*1-5,8-9,14-15,23H,6-7H2,(H,21,22)/t2*14-,15-,19+;14-,15-,18+;14-,15-,18-/m1111/s1. The number of nitrogens with one attached hydrogen (secondary N) is 5. The van der Waals surface area contributed by atoms with Gasteiger partial charge in [-0.15, -0.1) is 0 Å². The fourth-order valence-electron chi connectivity index (χ4n) is 15.0. The van der Waals surface area contributed by atoms with E-state index in [9.17, 15) is 36.7 Å². The number of hydrogen-bond acceptors (Lipinski definition) is 14. The van der Waals surface area contributed by atoms with Gasteiger partial charge in [0.25, 0.3) is 35.5 Å². The SMILES string of the molecule is O=C(NO)[C@@]1(F)[C@H](c2ccccc2)[C@H]1c1cc(Cl)c2c(c1)OCCO2.O=C(NO)[C@]1(F)[C@H](c2ccccc2)[C@H]1c1cc(Cl)c2c(c1)C(F)(F)CCN2.O=C(NO)[C@]1(F)[C@H](c2ccccc2)[C@H]1c1cc(Cl)c2c(c1)C(F)(F)CCO2.O=C(NO)[C@]1(F)[C@H](c2ccccc2)[C@H]1c1cc(Cl)c2c(c1)OCCO2. The molecule has 8 aliphatic rings. The van der Waals surface area contributed by atoms with E-state index in [0.29, 0.717) is 92.9 Å². The monoisotopic (exact) mass is 1520 g/mol. The molecule has 0 spiro atoms. The third kappa shape index (κ3) is 12.9. The van der Waals surface area contributed by atoms with E-state index in [2.05, 4.69) is 5.32 Å². The highest BCUT2D eigenvalue weighted by molar-refractivity contribution is 6.34. The Kier molecular flexibility index (Phi) is 20.0. The van der Waals surface area contributed by atoms with Crippen molar-refractivity contribution in [3.05, 3.63) is 246 Å². The third-order valence-corrected chi connectivity index (χ3v) is 21.1. The molecular formula is C74H61Cl4F8N5O13. The minimum Gasteiger partial charge on any atom is -0.491 e. The van der Waals surface area contributed by atoms with Gasteiger partial charge in [-0.3, -0.25) is 40.0 Å². The Labute approximate surface area is 607 Å². The molecule has 9 N–H and O–H groups in total. The van der Waals surface area contributed by atoms with Gasteiger partial charge in [-0.2, -0.15) is 0 Å². The Morgan fingerprint density at radius 2 is 0.625 bits per heavy atom. The molecule has 4 aliphatic heterocycles. The van der Waals surface area contributed by atoms with Crippen LogP contribution in [-0.2, 0) is 31.0 Å². The molecule has 104 heavy (non-hydrogen) atoms. The van der Waals surface area contributed by atoms with Crippen LogP contribution in [0.4, 0.5) is 40.8 Å². The molecular weight excluding hydrogens is 1460 g/mol. The number of hydrogen-bond donors (Lipinski definition) is 9. The van der Waals surface area contributed by atoms with Crippen molar-refractivity contribution >= 4 is 75.7 Å². The van der Waals surface area contributed by atoms with Crippen molar-refractivity contribution in [3.8, 4) is 28.7 Å². The summed E-state index contributed by atoms with van der Waals surface area (Å²) in [4.78, 5) is 48.1. The van der Waals surface area contributed by atoms with Gasteiger partial charge in [0.2, 0.25) is 22.7 Å². The van der Waals surface area contributed by atoms with E-state index >= 15 is 17.6 Å². The molecule has 544 valence electrons. The molecule has 4 heterocycles. The van der Waals surface area contributed by atoms with Gasteiger partial charge in [-0.25, -0.2) is 57.0 Å². The molecule has 8 aromatic rings. The highest BCUT2D eigenvalue weighted by Gasteiger charge is 2.75. The Bertz CT molecular complexity index is 4350. The first-order chi connectivity index (χ1) is 49.7. The van der Waals surface area contributed by atoms with Gasteiger partial charge in [-0.1, -0.05) is 168 Å². The fourth-order valence-corrected chi connectivity index (χ4v) is 16.2. The first-order valence-electron chi connectivity index (χ1n) is 32.5. The van der Waals surface area contributed by atoms with Gasteiger partial charge >= 0.3 is 0 Å². The summed E-state index contributed by atoms with van der Waals surface area (Å²) in [6, 6.07) is 46.1. The minimum absolute atomic E-state index is 0.0485. The number of alkyl halides is 8. The number of ether oxygens (including phenoxy) is 5. The maximum atomic E-state index is 15.5. The van der Waals surface area contributed by atoms with E-state index in [1.165, 1.54) is 40.1 Å². The van der Waals surface area contributed by atoms with Crippen molar-refractivity contribution in [2.45, 2.75) is 94.7 Å². The summed E-state index contributed by atoms with van der Waals surface area (Å²) in [5.74, 6) is -16.2. The van der Waals surface area contributed by atoms with Crippen LogP contribution in [0, 0.1) is 0 Å². The van der Waals surface area contributed by atoms with E-state index in [-0.39, 0.29) is 51.3 Å². The lowest BCUT2D eigenvalue weighted by atomic mass is 9.94. The predicted octanol–water partition coefficient (Wildman–Crippen LogP) is 15.1. The number of halogens is 12. The zero-order chi connectivity index (χ0) is 74.0. The molecule has 16 rings (SSSR count). The van der Waals surface area contributed by atoms with Crippen LogP contribution in [0.15, 0.2) is 170 Å². The zero-order valence-corrected chi connectivity index (χ0v) is 57.0. The van der Waals surface area contributed by atoms with Gasteiger partial charge in [0.15, 0.2) is 23.0 Å². The number of anilines is 1. The van der Waals surface area contributed by atoms with Gasteiger partial charge in [-0.05, 0) is 93.0 Å². The van der Waals surface area contributed by atoms with Crippen LogP contribution in [0.2, 0.25) is 20.1 Å². The van der Waals surface area contributed by atoms with E-state index < -0.39 is 124 Å². The summed E-state index contributed by atoms with van der Waals surface area (Å²) >= 11 is 24.8. The number of amides is 4. The molecule has 0 aromatic heterocycles. The predicted molar refractivity (Wildman–Crippen MR) is 362 cm³/mol. The number of carbonyl (C=O) groups is 4. The smallest absolute Gasteiger partial charge is 0.282 e. The molecule has 0 saturated heterocycles. The average Bonchev–Trinajstić information content (AvgIpc) is 1.54. The minimum atomic E-state index is -3.16. The Hall–Kier alpha value is -9.12. The van der Waals surface area contributed by atoms with Gasteiger partial charge in [0, 0.05) is 65.9 Å². The van der Waals surface area contributed by atoms with E-state index in [0.717, 1.165) is 6.07 Å². The molecule has 8 aromatic carbocycles. The lowest BCUT2D eigenvalue weighted by molar-refractivity contribution is -0.136. The van der Waals surface area contributed by atoms with Crippen molar-refractivity contribution in [3.63, 3.8) is 0 Å². The zero-order valence-electron chi connectivity index (χ0n) is 53.9. The highest BCUT2D eigenvalue weighted by atomic mass is 35.5. The number of carbonyl (C=O) groups excluding carboxylic acids is 4. The number of benzene rings is 8. The number of rotatable bonds is 12. The molecule has 0 radical (unpaired) electrons. The van der Waals surface area contributed by atoms with Crippen LogP contribution in [0.1, 0.15) is 116 Å². The molecule has 0 bridgehead atoms. The number of hydroxylamine groups is 4. The third-order valence-electron chi connectivity index (χ3n) is 20.0. The molecule has 4 fully saturated rings. The van der Waals surface area contributed by atoms with Gasteiger partial charge < -0.3 is 29.0 Å². The van der Waals surface area contributed by atoms with Crippen molar-refractivity contribution in [2.24, 2.45) is 0 Å². The second kappa shape index (κ2) is 28.4. The quantitative estimate of drug-likeness (QED) is 0.0313. The molecule has 4 saturated carbocycles. The normalized spacial score (nSPS) is 27.5. The van der Waals surface area contributed by atoms with Crippen molar-refractivity contribution in [2.75, 3.05) is 44.9 Å². The Morgan fingerprint density at radius 3 is 0.971 bits per heavy atom. The first-order valence-corrected chi connectivity index (χ1v) is 34.0. The van der Waals surface area contributed by atoms with Gasteiger partial charge in [0.1, 0.15) is 32.2 Å². The summed E-state index contributed by atoms with van der Waals surface area (Å²) in [6.45, 7) is 1.43. The molecule has 4 aliphatic carbocycles. The lowest BCUT2D eigenvalue weighted by Gasteiger charge is -2.28. The molecule has 30 heteroatoms. The van der Waals surface area contributed by atoms with Crippen molar-refractivity contribution < 1.29 is 98.8 Å². The van der Waals surface area contributed by atoms with Gasteiger partial charge in [0.05, 0.1) is 44.4 Å². The summed E-state index contributed by atoms with van der Waals surface area (Å²) in [5.41, 5.74) is -0.670. The Morgan fingerprint density at radius 1 is 0.346 bits per heavy atom. The van der Waals surface area contributed by atoms with Crippen LogP contribution in [0.3, 0.4) is 0 Å². The average molecular weight is 1520 g/mol. The topological polar surface area (TPSA) is 255 Å². The van der Waals surface area contributed by atoms with E-state index in [1.54, 1.807) is 133 Å². The van der Waals surface area contributed by atoms with E-state index in [1.807, 2.05) is 12.1 Å². The van der Waals surface area contributed by atoms with Crippen LogP contribution < -0.4 is 50.9 Å². The van der Waals surface area contributed by atoms with Crippen molar-refractivity contribution in [1.82, 2.24) is 21.9 Å². The van der Waals surface area contributed by atoms with Crippen molar-refractivity contribution in [1.29, 1.82) is 0 Å². The molecule has 4 amide bonds.